The summed E-state index contributed by atoms with van der Waals surface area (Å²) in [5, 5.41) is 0. The Morgan fingerprint density at radius 2 is 1.25 bits per heavy atom. The first kappa shape index (κ1) is 28.9. The predicted octanol–water partition coefficient (Wildman–Crippen LogP) is 6.63. The standard InChI is InChI=1S/C30H38O6/c1-21(2)8-15-26-25(17-12-23-10-13-24(14-11-23)30(31)34-7)27(16-9-22(3)4)29(36-20-33-6)18-28(26)35-19-32-5/h8-14,17-18H,15-16,19-20H2,1-7H3. The fourth-order valence-corrected chi connectivity index (χ4v) is 3.51. The molecule has 0 N–H and O–H groups in total. The monoisotopic (exact) mass is 494 g/mol. The topological polar surface area (TPSA) is 63.2 Å². The Balaban J connectivity index is 2.71. The van der Waals surface area contributed by atoms with E-state index in [1.807, 2.05) is 24.3 Å². The van der Waals surface area contributed by atoms with E-state index in [1.165, 1.54) is 18.3 Å². The SMILES string of the molecule is COCOc1cc(OCOC)c(CC=C(C)C)c(C=Cc2ccc(C(=O)OC)cc2)c1CC=C(C)C. The summed E-state index contributed by atoms with van der Waals surface area (Å²) in [6.45, 7) is 8.55. The van der Waals surface area contributed by atoms with Crippen molar-refractivity contribution in [2.45, 2.75) is 40.5 Å². The highest BCUT2D eigenvalue weighted by molar-refractivity contribution is 5.89. The van der Waals surface area contributed by atoms with Crippen molar-refractivity contribution in [3.8, 4) is 11.5 Å². The van der Waals surface area contributed by atoms with Gasteiger partial charge in [0.15, 0.2) is 13.6 Å². The van der Waals surface area contributed by atoms with Crippen LogP contribution >= 0.6 is 0 Å². The van der Waals surface area contributed by atoms with Gasteiger partial charge in [-0.05, 0) is 63.8 Å². The van der Waals surface area contributed by atoms with Crippen molar-refractivity contribution in [2.75, 3.05) is 34.9 Å². The minimum Gasteiger partial charge on any atom is -0.467 e. The van der Waals surface area contributed by atoms with Crippen molar-refractivity contribution in [3.05, 3.63) is 81.4 Å². The maximum atomic E-state index is 11.8. The van der Waals surface area contributed by atoms with Gasteiger partial charge >= 0.3 is 5.97 Å². The minimum absolute atomic E-state index is 0.122. The molecule has 0 aliphatic carbocycles. The Morgan fingerprint density at radius 1 is 0.750 bits per heavy atom. The summed E-state index contributed by atoms with van der Waals surface area (Å²) in [5.41, 5.74) is 6.98. The van der Waals surface area contributed by atoms with Crippen molar-refractivity contribution >= 4 is 18.1 Å². The maximum absolute atomic E-state index is 11.8. The molecule has 2 aromatic carbocycles. The average Bonchev–Trinajstić information content (AvgIpc) is 2.87. The zero-order valence-corrected chi connectivity index (χ0v) is 22.5. The van der Waals surface area contributed by atoms with Gasteiger partial charge in [-0.2, -0.15) is 0 Å². The van der Waals surface area contributed by atoms with Crippen molar-refractivity contribution in [1.29, 1.82) is 0 Å². The number of esters is 1. The molecular formula is C30H38O6. The van der Waals surface area contributed by atoms with Gasteiger partial charge in [-0.25, -0.2) is 4.79 Å². The number of carbonyl (C=O) groups is 1. The summed E-state index contributed by atoms with van der Waals surface area (Å²) < 4.78 is 27.2. The van der Waals surface area contributed by atoms with Gasteiger partial charge in [-0.15, -0.1) is 0 Å². The van der Waals surface area contributed by atoms with Crippen LogP contribution in [0, 0.1) is 0 Å². The minimum atomic E-state index is -0.360. The first-order chi connectivity index (χ1) is 17.3. The van der Waals surface area contributed by atoms with Crippen LogP contribution in [0.4, 0.5) is 0 Å². The summed E-state index contributed by atoms with van der Waals surface area (Å²) in [6.07, 6.45) is 9.84. The zero-order chi connectivity index (χ0) is 26.5. The zero-order valence-electron chi connectivity index (χ0n) is 22.5. The Morgan fingerprint density at radius 3 is 1.67 bits per heavy atom. The quantitative estimate of drug-likeness (QED) is 0.135. The number of benzene rings is 2. The Labute approximate surface area is 215 Å². The second-order valence-corrected chi connectivity index (χ2v) is 8.76. The van der Waals surface area contributed by atoms with Gasteiger partial charge in [-0.1, -0.05) is 47.6 Å². The third kappa shape index (κ3) is 8.70. The van der Waals surface area contributed by atoms with Crippen molar-refractivity contribution in [2.24, 2.45) is 0 Å². The van der Waals surface area contributed by atoms with Crippen LogP contribution in [0.15, 0.2) is 53.6 Å². The second-order valence-electron chi connectivity index (χ2n) is 8.76. The fraction of sp³-hybridized carbons (Fsp3) is 0.367. The average molecular weight is 495 g/mol. The fourth-order valence-electron chi connectivity index (χ4n) is 3.51. The van der Waals surface area contributed by atoms with Gasteiger partial charge in [0.1, 0.15) is 11.5 Å². The van der Waals surface area contributed by atoms with Gasteiger partial charge in [0.05, 0.1) is 12.7 Å². The molecule has 0 saturated heterocycles. The molecule has 0 radical (unpaired) electrons. The number of ether oxygens (including phenoxy) is 5. The van der Waals surface area contributed by atoms with E-state index in [4.69, 9.17) is 23.7 Å². The number of allylic oxidation sites excluding steroid dienone is 4. The molecule has 0 aromatic heterocycles. The highest BCUT2D eigenvalue weighted by Crippen LogP contribution is 2.37. The third-order valence-corrected chi connectivity index (χ3v) is 5.37. The lowest BCUT2D eigenvalue weighted by molar-refractivity contribution is 0.0452. The van der Waals surface area contributed by atoms with E-state index in [0.29, 0.717) is 29.9 Å². The summed E-state index contributed by atoms with van der Waals surface area (Å²) in [6, 6.07) is 9.21. The first-order valence-corrected chi connectivity index (χ1v) is 11.9. The van der Waals surface area contributed by atoms with Gasteiger partial charge in [0.2, 0.25) is 0 Å². The van der Waals surface area contributed by atoms with E-state index in [1.54, 1.807) is 26.4 Å². The molecule has 194 valence electrons. The van der Waals surface area contributed by atoms with Crippen LogP contribution < -0.4 is 9.47 Å². The van der Waals surface area contributed by atoms with E-state index < -0.39 is 0 Å². The largest absolute Gasteiger partial charge is 0.467 e. The molecule has 0 heterocycles. The molecule has 0 saturated carbocycles. The molecule has 0 atom stereocenters. The molecule has 2 rings (SSSR count). The summed E-state index contributed by atoms with van der Waals surface area (Å²) in [4.78, 5) is 11.8. The van der Waals surface area contributed by atoms with Crippen LogP contribution in [0.1, 0.15) is 60.3 Å². The Kier molecular flexibility index (Phi) is 12.0. The molecule has 0 amide bonds. The van der Waals surface area contributed by atoms with Gasteiger partial charge < -0.3 is 23.7 Å². The number of methoxy groups -OCH3 is 3. The number of carbonyl (C=O) groups excluding carboxylic acids is 1. The molecule has 6 heteroatoms. The van der Waals surface area contributed by atoms with Gasteiger partial charge in [0.25, 0.3) is 0 Å². The van der Waals surface area contributed by atoms with E-state index in [-0.39, 0.29) is 19.6 Å². The van der Waals surface area contributed by atoms with Crippen LogP contribution in [0.5, 0.6) is 11.5 Å². The van der Waals surface area contributed by atoms with Gasteiger partial charge in [-0.3, -0.25) is 0 Å². The molecule has 36 heavy (non-hydrogen) atoms. The van der Waals surface area contributed by atoms with Gasteiger partial charge in [0, 0.05) is 31.4 Å². The third-order valence-electron chi connectivity index (χ3n) is 5.37. The molecule has 0 unspecified atom stereocenters. The van der Waals surface area contributed by atoms with E-state index in [9.17, 15) is 4.79 Å². The highest BCUT2D eigenvalue weighted by Gasteiger charge is 2.18. The molecule has 0 spiro atoms. The summed E-state index contributed by atoms with van der Waals surface area (Å²) in [7, 11) is 4.57. The van der Waals surface area contributed by atoms with Crippen LogP contribution in [0.2, 0.25) is 0 Å². The van der Waals surface area contributed by atoms with Crippen LogP contribution in [0.25, 0.3) is 12.2 Å². The van der Waals surface area contributed by atoms with Crippen molar-refractivity contribution < 1.29 is 28.5 Å². The molecule has 0 aliphatic rings. The first-order valence-electron chi connectivity index (χ1n) is 11.9. The number of hydrogen-bond donors (Lipinski definition) is 0. The number of hydrogen-bond acceptors (Lipinski definition) is 6. The van der Waals surface area contributed by atoms with Crippen LogP contribution in [-0.2, 0) is 27.1 Å². The highest BCUT2D eigenvalue weighted by atomic mass is 16.7. The van der Waals surface area contributed by atoms with Crippen molar-refractivity contribution in [3.63, 3.8) is 0 Å². The van der Waals surface area contributed by atoms with E-state index >= 15 is 0 Å². The normalized spacial score (nSPS) is 10.8. The Hall–Kier alpha value is -3.35. The summed E-state index contributed by atoms with van der Waals surface area (Å²) in [5.74, 6) is 1.03. The molecule has 0 aliphatic heterocycles. The Bertz CT molecular complexity index is 1040. The predicted molar refractivity (Wildman–Crippen MR) is 144 cm³/mol. The maximum Gasteiger partial charge on any atom is 0.337 e. The van der Waals surface area contributed by atoms with E-state index in [0.717, 1.165) is 22.3 Å². The lowest BCUT2D eigenvalue weighted by Crippen LogP contribution is -2.09. The summed E-state index contributed by atoms with van der Waals surface area (Å²) >= 11 is 0. The molecule has 0 fully saturated rings. The molecular weight excluding hydrogens is 456 g/mol. The van der Waals surface area contributed by atoms with Crippen LogP contribution in [0.3, 0.4) is 0 Å². The van der Waals surface area contributed by atoms with Crippen molar-refractivity contribution in [1.82, 2.24) is 0 Å². The molecule has 2 aromatic rings. The second kappa shape index (κ2) is 14.9. The number of rotatable bonds is 13. The van der Waals surface area contributed by atoms with E-state index in [2.05, 4.69) is 45.9 Å². The molecule has 6 nitrogen and oxygen atoms in total. The molecule has 0 bridgehead atoms. The smallest absolute Gasteiger partial charge is 0.337 e. The lowest BCUT2D eigenvalue weighted by Gasteiger charge is -2.20. The van der Waals surface area contributed by atoms with Crippen LogP contribution in [-0.4, -0.2) is 40.9 Å². The lowest BCUT2D eigenvalue weighted by atomic mass is 9.92.